The smallest absolute Gasteiger partial charge is 0.263 e. The number of nitrogens with zero attached hydrogens (tertiary/aromatic N) is 5. The molecule has 3 N–H and O–H groups in total. The molecule has 1 fully saturated rings. The number of para-hydroxylation sites is 1. The summed E-state index contributed by atoms with van der Waals surface area (Å²) in [6.45, 7) is 1.90. The molecule has 1 unspecified atom stereocenters. The first-order valence-electron chi connectivity index (χ1n) is 13.7. The molecule has 1 atom stereocenters. The van der Waals surface area contributed by atoms with E-state index in [1.165, 1.54) is 6.20 Å². The van der Waals surface area contributed by atoms with Crippen molar-refractivity contribution in [3.05, 3.63) is 111 Å². The van der Waals surface area contributed by atoms with Gasteiger partial charge in [0.05, 0.1) is 17.6 Å². The minimum absolute atomic E-state index is 0.0214. The summed E-state index contributed by atoms with van der Waals surface area (Å²) in [5.74, 6) is 0.337. The van der Waals surface area contributed by atoms with E-state index in [1.54, 1.807) is 16.7 Å². The van der Waals surface area contributed by atoms with Gasteiger partial charge in [-0.1, -0.05) is 49.2 Å². The molecule has 5 aromatic rings. The van der Waals surface area contributed by atoms with Crippen LogP contribution in [0.4, 0.5) is 11.8 Å². The lowest BCUT2D eigenvalue weighted by atomic mass is 9.98. The molecule has 0 amide bonds. The first-order valence-corrected chi connectivity index (χ1v) is 13.7. The molecular weight excluding hydrogens is 514 g/mol. The topological polar surface area (TPSA) is 132 Å². The number of nitrogens with two attached hydrogens (primary N) is 1. The Kier molecular flexibility index (Phi) is 6.81. The number of aromatic nitrogens is 4. The third-order valence-corrected chi connectivity index (χ3v) is 7.78. The lowest BCUT2D eigenvalue weighted by Crippen LogP contribution is -2.26. The van der Waals surface area contributed by atoms with Crippen LogP contribution in [0.15, 0.2) is 88.7 Å². The molecule has 1 aliphatic carbocycles. The molecule has 0 bridgehead atoms. The van der Waals surface area contributed by atoms with E-state index in [-0.39, 0.29) is 28.7 Å². The highest BCUT2D eigenvalue weighted by Crippen LogP contribution is 2.32. The Morgan fingerprint density at radius 1 is 1.05 bits per heavy atom. The first kappa shape index (κ1) is 26.0. The Morgan fingerprint density at radius 3 is 2.59 bits per heavy atom. The van der Waals surface area contributed by atoms with Crippen molar-refractivity contribution in [2.75, 3.05) is 11.1 Å². The Morgan fingerprint density at radius 2 is 1.83 bits per heavy atom. The number of anilines is 2. The summed E-state index contributed by atoms with van der Waals surface area (Å²) in [5, 5.41) is 14.2. The van der Waals surface area contributed by atoms with Crippen LogP contribution in [0.1, 0.15) is 55.9 Å². The van der Waals surface area contributed by atoms with Gasteiger partial charge in [0.25, 0.3) is 11.1 Å². The summed E-state index contributed by atoms with van der Waals surface area (Å²) in [7, 11) is 0. The molecule has 41 heavy (non-hydrogen) atoms. The highest BCUT2D eigenvalue weighted by Gasteiger charge is 2.22. The van der Waals surface area contributed by atoms with E-state index >= 15 is 0 Å². The van der Waals surface area contributed by atoms with Gasteiger partial charge < -0.3 is 15.6 Å². The quantitative estimate of drug-likeness (QED) is 0.295. The van der Waals surface area contributed by atoms with E-state index < -0.39 is 6.04 Å². The van der Waals surface area contributed by atoms with Gasteiger partial charge in [-0.25, -0.2) is 4.98 Å². The maximum Gasteiger partial charge on any atom is 0.263 e. The van der Waals surface area contributed by atoms with Gasteiger partial charge >= 0.3 is 0 Å². The second-order valence-electron chi connectivity index (χ2n) is 10.4. The van der Waals surface area contributed by atoms with Crippen LogP contribution in [0.25, 0.3) is 27.6 Å². The number of pyridine rings is 2. The highest BCUT2D eigenvalue weighted by molar-refractivity contribution is 5.96. The number of nitrogen functional groups attached to an aromatic ring is 1. The highest BCUT2D eigenvalue weighted by atomic mass is 16.1. The van der Waals surface area contributed by atoms with Crippen LogP contribution in [0, 0.1) is 11.3 Å². The zero-order valence-corrected chi connectivity index (χ0v) is 22.6. The Bertz CT molecular complexity index is 1920. The Balaban J connectivity index is 1.55. The van der Waals surface area contributed by atoms with Gasteiger partial charge in [0, 0.05) is 29.7 Å². The lowest BCUT2D eigenvalue weighted by Gasteiger charge is -2.22. The molecule has 0 spiro atoms. The fourth-order valence-corrected chi connectivity index (χ4v) is 5.78. The maximum absolute atomic E-state index is 14.5. The maximum atomic E-state index is 14.5. The van der Waals surface area contributed by atoms with Crippen molar-refractivity contribution in [1.82, 2.24) is 19.1 Å². The van der Waals surface area contributed by atoms with E-state index in [1.807, 2.05) is 72.3 Å². The van der Waals surface area contributed by atoms with Gasteiger partial charge in [0.2, 0.25) is 5.95 Å². The van der Waals surface area contributed by atoms with E-state index in [4.69, 9.17) is 5.73 Å². The van der Waals surface area contributed by atoms with Gasteiger partial charge in [0.15, 0.2) is 0 Å². The van der Waals surface area contributed by atoms with E-state index in [0.29, 0.717) is 22.6 Å². The minimum atomic E-state index is -0.429. The summed E-state index contributed by atoms with van der Waals surface area (Å²) < 4.78 is 3.52. The van der Waals surface area contributed by atoms with Crippen molar-refractivity contribution < 1.29 is 0 Å². The van der Waals surface area contributed by atoms with Crippen LogP contribution in [0.2, 0.25) is 0 Å². The van der Waals surface area contributed by atoms with Crippen LogP contribution >= 0.6 is 0 Å². The Hall–Kier alpha value is -5.23. The molecule has 0 aliphatic heterocycles. The van der Waals surface area contributed by atoms with Gasteiger partial charge in [-0.2, -0.15) is 10.2 Å². The fourth-order valence-electron chi connectivity index (χ4n) is 5.78. The number of nitrogens with one attached hydrogen (secondary N) is 1. The molecule has 1 aliphatic rings. The second-order valence-corrected chi connectivity index (χ2v) is 10.4. The normalized spacial score (nSPS) is 14.1. The number of benzene rings is 2. The van der Waals surface area contributed by atoms with Gasteiger partial charge in [-0.3, -0.25) is 14.2 Å². The van der Waals surface area contributed by atoms with Crippen molar-refractivity contribution in [2.45, 2.75) is 44.7 Å². The van der Waals surface area contributed by atoms with E-state index in [9.17, 15) is 14.9 Å². The summed E-state index contributed by atoms with van der Waals surface area (Å²) >= 11 is 0. The lowest BCUT2D eigenvalue weighted by molar-refractivity contribution is 0.503. The predicted molar refractivity (Wildman–Crippen MR) is 160 cm³/mol. The van der Waals surface area contributed by atoms with E-state index in [2.05, 4.69) is 21.4 Å². The van der Waals surface area contributed by atoms with Crippen LogP contribution in [-0.2, 0) is 0 Å². The van der Waals surface area contributed by atoms with Gasteiger partial charge in [0.1, 0.15) is 17.5 Å². The van der Waals surface area contributed by atoms with Crippen molar-refractivity contribution in [3.63, 3.8) is 0 Å². The number of hydrogen-bond acceptors (Lipinski definition) is 7. The third kappa shape index (κ3) is 4.85. The first-order chi connectivity index (χ1) is 19.9. The molecule has 6 rings (SSSR count). The molecular formula is C32H29N7O2. The number of nitriles is 1. The van der Waals surface area contributed by atoms with Crippen molar-refractivity contribution in [3.8, 4) is 22.9 Å². The molecule has 204 valence electrons. The van der Waals surface area contributed by atoms with Crippen LogP contribution < -0.4 is 22.2 Å². The fraction of sp³-hybridized carbons (Fsp3) is 0.219. The van der Waals surface area contributed by atoms with Gasteiger partial charge in [-0.15, -0.1) is 0 Å². The summed E-state index contributed by atoms with van der Waals surface area (Å²) in [6.07, 6.45) is 7.48. The summed E-state index contributed by atoms with van der Waals surface area (Å²) in [4.78, 5) is 35.3. The zero-order chi connectivity index (χ0) is 28.5. The van der Waals surface area contributed by atoms with Crippen molar-refractivity contribution >= 4 is 22.5 Å². The van der Waals surface area contributed by atoms with E-state index in [0.717, 1.165) is 42.2 Å². The molecule has 0 radical (unpaired) electrons. The van der Waals surface area contributed by atoms with Crippen LogP contribution in [-0.4, -0.2) is 19.1 Å². The van der Waals surface area contributed by atoms with Gasteiger partial charge in [-0.05, 0) is 60.5 Å². The molecule has 0 saturated heterocycles. The SMILES string of the molecule is CC(Nc1nc(N)ncc1C#N)c1cc2cccc(-c3ccc(=O)n(C4CCCC4)c3)c2c(=O)n1-c1ccccc1. The monoisotopic (exact) mass is 543 g/mol. The summed E-state index contributed by atoms with van der Waals surface area (Å²) in [6, 6.07) is 22.4. The number of rotatable bonds is 6. The molecule has 2 aromatic carbocycles. The second kappa shape index (κ2) is 10.7. The number of fused-ring (bicyclic) bond motifs is 1. The molecule has 1 saturated carbocycles. The average molecular weight is 544 g/mol. The zero-order valence-electron chi connectivity index (χ0n) is 22.6. The van der Waals surface area contributed by atoms with Crippen LogP contribution in [0.5, 0.6) is 0 Å². The Labute approximate surface area is 236 Å². The average Bonchev–Trinajstić information content (AvgIpc) is 3.52. The standard InChI is InChI=1S/C32H29N7O2/c1-20(36-30-23(17-33)18-35-32(34)37-30)27-16-21-8-7-13-26(29(21)31(41)39(27)25-11-3-2-4-12-25)22-14-15-28(40)38(19-22)24-9-5-6-10-24/h2-4,7-8,11-16,18-20,24H,5-6,9-10H2,1H3,(H3,34,35,36,37). The van der Waals surface area contributed by atoms with Crippen molar-refractivity contribution in [1.29, 1.82) is 5.26 Å². The molecule has 3 aromatic heterocycles. The third-order valence-electron chi connectivity index (χ3n) is 7.78. The minimum Gasteiger partial charge on any atom is -0.368 e. The number of hydrogen-bond donors (Lipinski definition) is 2. The van der Waals surface area contributed by atoms with Crippen molar-refractivity contribution in [2.24, 2.45) is 0 Å². The van der Waals surface area contributed by atoms with Crippen LogP contribution in [0.3, 0.4) is 0 Å². The largest absolute Gasteiger partial charge is 0.368 e. The summed E-state index contributed by atoms with van der Waals surface area (Å²) in [5.41, 5.74) is 8.83. The molecule has 3 heterocycles. The molecule has 9 nitrogen and oxygen atoms in total. The predicted octanol–water partition coefficient (Wildman–Crippen LogP) is 5.35. The molecule has 9 heteroatoms.